The van der Waals surface area contributed by atoms with Gasteiger partial charge in [-0.25, -0.2) is 0 Å². The fourth-order valence-electron chi connectivity index (χ4n) is 1.13. The third-order valence-electron chi connectivity index (χ3n) is 1.91. The van der Waals surface area contributed by atoms with Crippen LogP contribution in [-0.4, -0.2) is 20.5 Å². The maximum Gasteiger partial charge on any atom is 0.146 e. The van der Waals surface area contributed by atoms with Gasteiger partial charge in [0.2, 0.25) is 0 Å². The first-order valence-corrected chi connectivity index (χ1v) is 5.69. The van der Waals surface area contributed by atoms with Crippen LogP contribution in [0.15, 0.2) is 24.3 Å². The van der Waals surface area contributed by atoms with Gasteiger partial charge < -0.3 is 9.47 Å². The van der Waals surface area contributed by atoms with E-state index in [-0.39, 0.29) is 0 Å². The summed E-state index contributed by atoms with van der Waals surface area (Å²) in [6.45, 7) is 1.08. The minimum atomic E-state index is 0.374. The van der Waals surface area contributed by atoms with Crippen LogP contribution in [0.2, 0.25) is 0 Å². The van der Waals surface area contributed by atoms with Crippen LogP contribution >= 0.6 is 15.9 Å². The number of halogens is 1. The molecule has 0 aliphatic rings. The van der Waals surface area contributed by atoms with E-state index in [9.17, 15) is 0 Å². The monoisotopic (exact) mass is 258 g/mol. The van der Waals surface area contributed by atoms with Gasteiger partial charge in [0, 0.05) is 12.4 Å². The zero-order chi connectivity index (χ0) is 10.2. The zero-order valence-corrected chi connectivity index (χ0v) is 9.92. The summed E-state index contributed by atoms with van der Waals surface area (Å²) in [5, 5.41) is 0.910. The van der Waals surface area contributed by atoms with Crippen LogP contribution in [0.4, 0.5) is 0 Å². The summed E-state index contributed by atoms with van der Waals surface area (Å²) in [5.41, 5.74) is 2.59. The van der Waals surface area contributed by atoms with Gasteiger partial charge in [-0.1, -0.05) is 40.2 Å². The maximum atomic E-state index is 5.21. The highest BCUT2D eigenvalue weighted by Crippen LogP contribution is 2.08. The molecule has 0 aliphatic carbocycles. The molecule has 0 saturated carbocycles. The average molecular weight is 259 g/mol. The van der Waals surface area contributed by atoms with E-state index in [1.807, 2.05) is 0 Å². The number of alkyl halides is 1. The smallest absolute Gasteiger partial charge is 0.146 e. The summed E-state index contributed by atoms with van der Waals surface area (Å²) < 4.78 is 10.00. The van der Waals surface area contributed by atoms with E-state index in [4.69, 9.17) is 9.47 Å². The molecular weight excluding hydrogens is 244 g/mol. The molecule has 0 N–H and O–H groups in total. The molecule has 0 fully saturated rings. The molecule has 0 amide bonds. The minimum absolute atomic E-state index is 0.374. The first-order chi connectivity index (χ1) is 6.86. The Bertz CT molecular complexity index is 246. The van der Waals surface area contributed by atoms with Gasteiger partial charge in [0.15, 0.2) is 0 Å². The predicted octanol–water partition coefficient (Wildman–Crippen LogP) is 2.74. The third-order valence-corrected chi connectivity index (χ3v) is 2.56. The van der Waals surface area contributed by atoms with Crippen molar-refractivity contribution in [2.45, 2.75) is 11.8 Å². The second-order valence-electron chi connectivity index (χ2n) is 3.01. The first-order valence-electron chi connectivity index (χ1n) is 4.57. The van der Waals surface area contributed by atoms with E-state index in [1.54, 1.807) is 7.11 Å². The van der Waals surface area contributed by atoms with Gasteiger partial charge in [0.1, 0.15) is 6.79 Å². The van der Waals surface area contributed by atoms with Gasteiger partial charge >= 0.3 is 0 Å². The molecule has 0 spiro atoms. The van der Waals surface area contributed by atoms with Crippen molar-refractivity contribution in [3.05, 3.63) is 35.4 Å². The van der Waals surface area contributed by atoms with E-state index in [0.717, 1.165) is 11.8 Å². The Morgan fingerprint density at radius 2 is 1.79 bits per heavy atom. The molecule has 2 nitrogen and oxygen atoms in total. The highest BCUT2D eigenvalue weighted by atomic mass is 79.9. The largest absolute Gasteiger partial charge is 0.359 e. The van der Waals surface area contributed by atoms with Gasteiger partial charge in [-0.05, 0) is 17.5 Å². The number of rotatable bonds is 6. The second kappa shape index (κ2) is 6.98. The van der Waals surface area contributed by atoms with E-state index in [1.165, 1.54) is 11.1 Å². The maximum absolute atomic E-state index is 5.21. The van der Waals surface area contributed by atoms with Crippen LogP contribution in [0.3, 0.4) is 0 Å². The Balaban J connectivity index is 2.29. The summed E-state index contributed by atoms with van der Waals surface area (Å²) in [6.07, 6.45) is 0.936. The minimum Gasteiger partial charge on any atom is -0.359 e. The number of hydrogen-bond acceptors (Lipinski definition) is 2. The van der Waals surface area contributed by atoms with Gasteiger partial charge in [-0.3, -0.25) is 0 Å². The van der Waals surface area contributed by atoms with Crippen molar-refractivity contribution in [2.24, 2.45) is 0 Å². The summed E-state index contributed by atoms with van der Waals surface area (Å²) in [6, 6.07) is 8.51. The SMILES string of the molecule is COCOCCc1ccc(CBr)cc1. The van der Waals surface area contributed by atoms with Crippen LogP contribution in [0.5, 0.6) is 0 Å². The molecule has 78 valence electrons. The molecule has 0 atom stereocenters. The van der Waals surface area contributed by atoms with Crippen molar-refractivity contribution in [3.63, 3.8) is 0 Å². The van der Waals surface area contributed by atoms with Crippen molar-refractivity contribution in [3.8, 4) is 0 Å². The van der Waals surface area contributed by atoms with Crippen LogP contribution in [-0.2, 0) is 21.2 Å². The lowest BCUT2D eigenvalue weighted by Crippen LogP contribution is -2.01. The molecule has 1 aromatic carbocycles. The fraction of sp³-hybridized carbons (Fsp3) is 0.455. The standard InChI is InChI=1S/C11H15BrO2/c1-13-9-14-7-6-10-2-4-11(8-12)5-3-10/h2-5H,6-9H2,1H3. The molecule has 0 heterocycles. The molecule has 0 unspecified atom stereocenters. The second-order valence-corrected chi connectivity index (χ2v) is 3.58. The molecule has 0 aromatic heterocycles. The fourth-order valence-corrected chi connectivity index (χ4v) is 1.50. The molecule has 0 aliphatic heterocycles. The van der Waals surface area contributed by atoms with Gasteiger partial charge in [-0.15, -0.1) is 0 Å². The van der Waals surface area contributed by atoms with Crippen molar-refractivity contribution in [2.75, 3.05) is 20.5 Å². The number of hydrogen-bond donors (Lipinski definition) is 0. The average Bonchev–Trinajstić information content (AvgIpc) is 2.25. The quantitative estimate of drug-likeness (QED) is 0.444. The van der Waals surface area contributed by atoms with Crippen LogP contribution in [0.1, 0.15) is 11.1 Å². The Morgan fingerprint density at radius 3 is 2.36 bits per heavy atom. The molecule has 0 saturated heterocycles. The Labute approximate surface area is 93.4 Å². The lowest BCUT2D eigenvalue weighted by atomic mass is 10.1. The number of ether oxygens (including phenoxy) is 2. The summed E-state index contributed by atoms with van der Waals surface area (Å²) in [7, 11) is 1.63. The van der Waals surface area contributed by atoms with Crippen LogP contribution < -0.4 is 0 Å². The van der Waals surface area contributed by atoms with Crippen molar-refractivity contribution < 1.29 is 9.47 Å². The highest BCUT2D eigenvalue weighted by Gasteiger charge is 1.94. The molecule has 0 radical (unpaired) electrons. The van der Waals surface area contributed by atoms with E-state index >= 15 is 0 Å². The van der Waals surface area contributed by atoms with Gasteiger partial charge in [-0.2, -0.15) is 0 Å². The molecule has 1 rings (SSSR count). The topological polar surface area (TPSA) is 18.5 Å². The van der Waals surface area contributed by atoms with E-state index < -0.39 is 0 Å². The molecule has 0 bridgehead atoms. The molecular formula is C11H15BrO2. The molecule has 1 aromatic rings. The van der Waals surface area contributed by atoms with Crippen molar-refractivity contribution >= 4 is 15.9 Å². The van der Waals surface area contributed by atoms with E-state index in [2.05, 4.69) is 40.2 Å². The molecule has 3 heteroatoms. The number of methoxy groups -OCH3 is 1. The van der Waals surface area contributed by atoms with Crippen molar-refractivity contribution in [1.29, 1.82) is 0 Å². The van der Waals surface area contributed by atoms with Crippen LogP contribution in [0, 0.1) is 0 Å². The third kappa shape index (κ3) is 4.22. The van der Waals surface area contributed by atoms with Gasteiger partial charge in [0.05, 0.1) is 6.61 Å². The predicted molar refractivity (Wildman–Crippen MR) is 60.6 cm³/mol. The number of benzene rings is 1. The normalized spacial score (nSPS) is 10.4. The Hall–Kier alpha value is -0.380. The van der Waals surface area contributed by atoms with Gasteiger partial charge in [0.25, 0.3) is 0 Å². The molecule has 14 heavy (non-hydrogen) atoms. The lowest BCUT2D eigenvalue weighted by molar-refractivity contribution is -0.0291. The first kappa shape index (κ1) is 11.7. The Morgan fingerprint density at radius 1 is 1.14 bits per heavy atom. The van der Waals surface area contributed by atoms with Crippen molar-refractivity contribution in [1.82, 2.24) is 0 Å². The summed E-state index contributed by atoms with van der Waals surface area (Å²) >= 11 is 3.41. The Kier molecular flexibility index (Phi) is 5.83. The summed E-state index contributed by atoms with van der Waals surface area (Å²) in [4.78, 5) is 0. The summed E-state index contributed by atoms with van der Waals surface area (Å²) in [5.74, 6) is 0. The van der Waals surface area contributed by atoms with Crippen LogP contribution in [0.25, 0.3) is 0 Å². The zero-order valence-electron chi connectivity index (χ0n) is 8.33. The lowest BCUT2D eigenvalue weighted by Gasteiger charge is -2.03. The highest BCUT2D eigenvalue weighted by molar-refractivity contribution is 9.08. The van der Waals surface area contributed by atoms with E-state index in [0.29, 0.717) is 13.4 Å².